The van der Waals surface area contributed by atoms with E-state index in [1.54, 1.807) is 0 Å². The van der Waals surface area contributed by atoms with Gasteiger partial charge in [0.05, 0.1) is 13.2 Å². The molecular formula is C19H31N3O2. The second-order valence-corrected chi connectivity index (χ2v) is 7.01. The zero-order valence-corrected chi connectivity index (χ0v) is 15.0. The fourth-order valence-corrected chi connectivity index (χ4v) is 3.50. The highest BCUT2D eigenvalue weighted by Gasteiger charge is 2.25. The molecule has 2 fully saturated rings. The lowest BCUT2D eigenvalue weighted by Gasteiger charge is -2.26. The van der Waals surface area contributed by atoms with Gasteiger partial charge in [0.1, 0.15) is 12.4 Å². The number of nitrogens with one attached hydrogen (secondary N) is 1. The molecule has 2 saturated heterocycles. The minimum atomic E-state index is 0.575. The Kier molecular flexibility index (Phi) is 6.49. The molecule has 2 aliphatic heterocycles. The van der Waals surface area contributed by atoms with Gasteiger partial charge in [-0.3, -0.25) is 4.90 Å². The Hall–Kier alpha value is -1.14. The van der Waals surface area contributed by atoms with Crippen molar-refractivity contribution in [1.82, 2.24) is 15.1 Å². The van der Waals surface area contributed by atoms with Gasteiger partial charge in [0.25, 0.3) is 0 Å². The minimum Gasteiger partial charge on any atom is -0.492 e. The number of para-hydroxylation sites is 1. The summed E-state index contributed by atoms with van der Waals surface area (Å²) in [6.45, 7) is 9.71. The molecule has 0 aromatic heterocycles. The molecule has 2 aliphatic rings. The van der Waals surface area contributed by atoms with Crippen LogP contribution in [0, 0.1) is 0 Å². The van der Waals surface area contributed by atoms with E-state index in [0.29, 0.717) is 12.1 Å². The second-order valence-electron chi connectivity index (χ2n) is 7.01. The molecular weight excluding hydrogens is 302 g/mol. The smallest absolute Gasteiger partial charge is 0.123 e. The van der Waals surface area contributed by atoms with Crippen LogP contribution in [0.1, 0.15) is 18.9 Å². The van der Waals surface area contributed by atoms with Gasteiger partial charge in [-0.2, -0.15) is 0 Å². The summed E-state index contributed by atoms with van der Waals surface area (Å²) in [6.07, 6.45) is 1.22. The predicted octanol–water partition coefficient (Wildman–Crippen LogP) is 1.58. The molecule has 1 aromatic carbocycles. The van der Waals surface area contributed by atoms with Gasteiger partial charge in [-0.05, 0) is 26.5 Å². The third kappa shape index (κ3) is 4.93. The Bertz CT molecular complexity index is 495. The van der Waals surface area contributed by atoms with Gasteiger partial charge in [-0.25, -0.2) is 0 Å². The number of hydrogen-bond donors (Lipinski definition) is 1. The van der Waals surface area contributed by atoms with Crippen molar-refractivity contribution in [2.45, 2.75) is 32.0 Å². The molecule has 0 aliphatic carbocycles. The van der Waals surface area contributed by atoms with E-state index in [1.165, 1.54) is 12.0 Å². The van der Waals surface area contributed by atoms with Gasteiger partial charge in [0.2, 0.25) is 0 Å². The SMILES string of the molecule is C[C@@H]1C[C@H](NCc2ccccc2OCCN2CCOCC2)CN1C. The van der Waals surface area contributed by atoms with Gasteiger partial charge in [-0.15, -0.1) is 0 Å². The molecule has 0 radical (unpaired) electrons. The third-order valence-corrected chi connectivity index (χ3v) is 5.21. The summed E-state index contributed by atoms with van der Waals surface area (Å²) >= 11 is 0. The van der Waals surface area contributed by atoms with E-state index in [2.05, 4.69) is 53.4 Å². The summed E-state index contributed by atoms with van der Waals surface area (Å²) in [5.41, 5.74) is 1.25. The summed E-state index contributed by atoms with van der Waals surface area (Å²) in [4.78, 5) is 4.82. The number of hydrogen-bond acceptors (Lipinski definition) is 5. The van der Waals surface area contributed by atoms with Crippen molar-refractivity contribution in [3.63, 3.8) is 0 Å². The monoisotopic (exact) mass is 333 g/mol. The van der Waals surface area contributed by atoms with E-state index in [0.717, 1.165) is 58.3 Å². The van der Waals surface area contributed by atoms with Crippen molar-refractivity contribution < 1.29 is 9.47 Å². The molecule has 0 amide bonds. The molecule has 5 heteroatoms. The first-order chi connectivity index (χ1) is 11.7. The van der Waals surface area contributed by atoms with E-state index < -0.39 is 0 Å². The highest BCUT2D eigenvalue weighted by atomic mass is 16.5. The number of nitrogens with zero attached hydrogens (tertiary/aromatic N) is 2. The maximum Gasteiger partial charge on any atom is 0.123 e. The van der Waals surface area contributed by atoms with E-state index in [1.807, 2.05) is 0 Å². The van der Waals surface area contributed by atoms with Crippen LogP contribution in [0.2, 0.25) is 0 Å². The molecule has 0 spiro atoms. The lowest BCUT2D eigenvalue weighted by atomic mass is 10.1. The molecule has 1 N–H and O–H groups in total. The van der Waals surface area contributed by atoms with Crippen LogP contribution < -0.4 is 10.1 Å². The summed E-state index contributed by atoms with van der Waals surface area (Å²) in [5, 5.41) is 3.69. The fraction of sp³-hybridized carbons (Fsp3) is 0.684. The van der Waals surface area contributed by atoms with Crippen LogP contribution in [0.5, 0.6) is 5.75 Å². The Morgan fingerprint density at radius 3 is 2.79 bits per heavy atom. The van der Waals surface area contributed by atoms with Crippen LogP contribution in [-0.2, 0) is 11.3 Å². The molecule has 0 bridgehead atoms. The zero-order chi connectivity index (χ0) is 16.8. The van der Waals surface area contributed by atoms with Crippen molar-refractivity contribution >= 4 is 0 Å². The maximum atomic E-state index is 6.06. The Morgan fingerprint density at radius 1 is 1.25 bits per heavy atom. The molecule has 24 heavy (non-hydrogen) atoms. The zero-order valence-electron chi connectivity index (χ0n) is 15.0. The quantitative estimate of drug-likeness (QED) is 0.820. The van der Waals surface area contributed by atoms with Gasteiger partial charge in [0, 0.05) is 50.4 Å². The van der Waals surface area contributed by atoms with E-state index in [-0.39, 0.29) is 0 Å². The van der Waals surface area contributed by atoms with Crippen molar-refractivity contribution in [1.29, 1.82) is 0 Å². The average Bonchev–Trinajstić information content (AvgIpc) is 2.93. The maximum absolute atomic E-state index is 6.06. The molecule has 1 aromatic rings. The Balaban J connectivity index is 1.45. The number of ether oxygens (including phenoxy) is 2. The summed E-state index contributed by atoms with van der Waals surface area (Å²) in [7, 11) is 2.20. The van der Waals surface area contributed by atoms with Crippen molar-refractivity contribution in [2.75, 3.05) is 53.0 Å². The topological polar surface area (TPSA) is 37.0 Å². The van der Waals surface area contributed by atoms with Crippen molar-refractivity contribution in [3.8, 4) is 5.75 Å². The van der Waals surface area contributed by atoms with Gasteiger partial charge >= 0.3 is 0 Å². The number of likely N-dealkylation sites (tertiary alicyclic amines) is 1. The Morgan fingerprint density at radius 2 is 2.04 bits per heavy atom. The van der Waals surface area contributed by atoms with Gasteiger partial charge < -0.3 is 19.7 Å². The van der Waals surface area contributed by atoms with Crippen LogP contribution in [0.3, 0.4) is 0 Å². The van der Waals surface area contributed by atoms with E-state index >= 15 is 0 Å². The lowest BCUT2D eigenvalue weighted by Crippen LogP contribution is -2.38. The molecule has 5 nitrogen and oxygen atoms in total. The fourth-order valence-electron chi connectivity index (χ4n) is 3.50. The number of benzene rings is 1. The second kappa shape index (κ2) is 8.81. The predicted molar refractivity (Wildman–Crippen MR) is 96.5 cm³/mol. The van der Waals surface area contributed by atoms with E-state index in [4.69, 9.17) is 9.47 Å². The minimum absolute atomic E-state index is 0.575. The first kappa shape index (κ1) is 17.7. The van der Waals surface area contributed by atoms with Crippen LogP contribution in [0.4, 0.5) is 0 Å². The molecule has 3 rings (SSSR count). The molecule has 2 heterocycles. The van der Waals surface area contributed by atoms with Crippen LogP contribution in [-0.4, -0.2) is 74.9 Å². The summed E-state index contributed by atoms with van der Waals surface area (Å²) in [6, 6.07) is 9.64. The molecule has 0 saturated carbocycles. The van der Waals surface area contributed by atoms with Crippen LogP contribution >= 0.6 is 0 Å². The van der Waals surface area contributed by atoms with Crippen molar-refractivity contribution in [2.24, 2.45) is 0 Å². The van der Waals surface area contributed by atoms with E-state index in [9.17, 15) is 0 Å². The first-order valence-electron chi connectivity index (χ1n) is 9.17. The number of rotatable bonds is 7. The highest BCUT2D eigenvalue weighted by Crippen LogP contribution is 2.20. The summed E-state index contributed by atoms with van der Waals surface area (Å²) < 4.78 is 11.4. The third-order valence-electron chi connectivity index (χ3n) is 5.21. The standard InChI is InChI=1S/C19H31N3O2/c1-16-13-18(15-21(16)2)20-14-17-5-3-4-6-19(17)24-12-9-22-7-10-23-11-8-22/h3-6,16,18,20H,7-15H2,1-2H3/t16-,18+/m1/s1. The molecule has 2 atom stereocenters. The number of morpholine rings is 1. The largest absolute Gasteiger partial charge is 0.492 e. The van der Waals surface area contributed by atoms with Crippen molar-refractivity contribution in [3.05, 3.63) is 29.8 Å². The van der Waals surface area contributed by atoms with Crippen LogP contribution in [0.25, 0.3) is 0 Å². The van der Waals surface area contributed by atoms with Gasteiger partial charge in [0.15, 0.2) is 0 Å². The number of likely N-dealkylation sites (N-methyl/N-ethyl adjacent to an activating group) is 1. The van der Waals surface area contributed by atoms with Gasteiger partial charge in [-0.1, -0.05) is 18.2 Å². The lowest BCUT2D eigenvalue weighted by molar-refractivity contribution is 0.0322. The van der Waals surface area contributed by atoms with Crippen LogP contribution in [0.15, 0.2) is 24.3 Å². The first-order valence-corrected chi connectivity index (χ1v) is 9.17. The average molecular weight is 333 g/mol. The molecule has 0 unspecified atom stereocenters. The molecule has 134 valence electrons. The summed E-state index contributed by atoms with van der Waals surface area (Å²) in [5.74, 6) is 1.01. The highest BCUT2D eigenvalue weighted by molar-refractivity contribution is 5.33. The Labute approximate surface area is 145 Å². The normalized spacial score (nSPS) is 25.9.